The van der Waals surface area contributed by atoms with Crippen LogP contribution >= 0.6 is 0 Å². The molecule has 2 saturated carbocycles. The molecule has 0 radical (unpaired) electrons. The lowest BCUT2D eigenvalue weighted by molar-refractivity contribution is -0.118. The second kappa shape index (κ2) is 7.83. The van der Waals surface area contributed by atoms with E-state index in [2.05, 4.69) is 49.3 Å². The average molecular weight is 424 g/mol. The Balaban J connectivity index is 1.63. The summed E-state index contributed by atoms with van der Waals surface area (Å²) in [5, 5.41) is 9.80. The molecule has 3 aliphatic rings. The summed E-state index contributed by atoms with van der Waals surface area (Å²) in [7, 11) is 4.25. The Morgan fingerprint density at radius 3 is 2.26 bits per heavy atom. The fourth-order valence-electron chi connectivity index (χ4n) is 5.94. The highest BCUT2D eigenvalue weighted by molar-refractivity contribution is 5.85. The molecule has 7 nitrogen and oxygen atoms in total. The minimum atomic E-state index is -0.494. The number of carbonyl (C=O) groups is 2. The normalized spacial score (nSPS) is 29.8. The number of carbonyl (C=O) groups excluding carboxylic acids is 2. The van der Waals surface area contributed by atoms with Crippen LogP contribution in [-0.2, 0) is 10.3 Å². The first-order valence-electron chi connectivity index (χ1n) is 11.3. The summed E-state index contributed by atoms with van der Waals surface area (Å²) < 4.78 is 0. The maximum Gasteiger partial charge on any atom is 0.321 e. The van der Waals surface area contributed by atoms with E-state index >= 15 is 0 Å². The minimum Gasteiger partial charge on any atom is -0.368 e. The molecule has 31 heavy (non-hydrogen) atoms. The topological polar surface area (TPSA) is 93.7 Å². The van der Waals surface area contributed by atoms with Crippen molar-refractivity contribution in [1.29, 1.82) is 5.26 Å². The van der Waals surface area contributed by atoms with E-state index in [1.807, 2.05) is 11.0 Å². The summed E-state index contributed by atoms with van der Waals surface area (Å²) in [6.07, 6.45) is 6.21. The van der Waals surface area contributed by atoms with Gasteiger partial charge < -0.3 is 15.5 Å². The predicted molar refractivity (Wildman–Crippen MR) is 118 cm³/mol. The highest BCUT2D eigenvalue weighted by Crippen LogP contribution is 2.51. The van der Waals surface area contributed by atoms with Gasteiger partial charge >= 0.3 is 6.03 Å². The Morgan fingerprint density at radius 2 is 1.77 bits per heavy atom. The highest BCUT2D eigenvalue weighted by Gasteiger charge is 2.56. The number of benzene rings is 1. The molecule has 3 amide bonds. The van der Waals surface area contributed by atoms with Crippen LogP contribution in [0.3, 0.4) is 0 Å². The molecule has 3 fully saturated rings. The third-order valence-corrected chi connectivity index (χ3v) is 8.09. The first-order chi connectivity index (χ1) is 14.8. The Labute approximate surface area is 184 Å². The summed E-state index contributed by atoms with van der Waals surface area (Å²) >= 11 is 0. The van der Waals surface area contributed by atoms with E-state index in [0.29, 0.717) is 13.1 Å². The second-order valence-electron chi connectivity index (χ2n) is 9.95. The zero-order valence-electron chi connectivity index (χ0n) is 18.6. The Morgan fingerprint density at radius 1 is 1.13 bits per heavy atom. The first-order valence-corrected chi connectivity index (χ1v) is 11.3. The Bertz CT molecular complexity index is 879. The van der Waals surface area contributed by atoms with Crippen LogP contribution in [-0.4, -0.2) is 65.9 Å². The van der Waals surface area contributed by atoms with Gasteiger partial charge in [-0.2, -0.15) is 5.26 Å². The number of nitriles is 1. The van der Waals surface area contributed by atoms with Gasteiger partial charge in [0.15, 0.2) is 0 Å². The van der Waals surface area contributed by atoms with Crippen molar-refractivity contribution in [2.45, 2.75) is 56.0 Å². The van der Waals surface area contributed by atoms with Crippen LogP contribution in [0, 0.1) is 16.7 Å². The molecule has 0 unspecified atom stereocenters. The largest absolute Gasteiger partial charge is 0.368 e. The minimum absolute atomic E-state index is 0.0614. The molecule has 4 rings (SSSR count). The van der Waals surface area contributed by atoms with E-state index in [1.54, 1.807) is 4.90 Å². The van der Waals surface area contributed by atoms with Crippen molar-refractivity contribution in [3.05, 3.63) is 35.9 Å². The van der Waals surface area contributed by atoms with Crippen LogP contribution in [0.2, 0.25) is 0 Å². The number of hydrogen-bond acceptors (Lipinski definition) is 4. The van der Waals surface area contributed by atoms with Gasteiger partial charge in [-0.1, -0.05) is 36.8 Å². The van der Waals surface area contributed by atoms with E-state index in [4.69, 9.17) is 5.73 Å². The van der Waals surface area contributed by atoms with Crippen LogP contribution in [0.4, 0.5) is 4.79 Å². The Hall–Kier alpha value is -2.59. The van der Waals surface area contributed by atoms with Crippen molar-refractivity contribution in [2.24, 2.45) is 11.1 Å². The first kappa shape index (κ1) is 21.6. The molecule has 2 N–H and O–H groups in total. The van der Waals surface area contributed by atoms with Crippen molar-refractivity contribution >= 4 is 11.9 Å². The Kier molecular flexibility index (Phi) is 5.47. The van der Waals surface area contributed by atoms with Crippen molar-refractivity contribution in [3.63, 3.8) is 0 Å². The lowest BCUT2D eigenvalue weighted by atomic mass is 9.66. The monoisotopic (exact) mass is 423 g/mol. The number of urea groups is 1. The van der Waals surface area contributed by atoms with Gasteiger partial charge in [0.2, 0.25) is 5.91 Å². The zero-order chi connectivity index (χ0) is 22.3. The van der Waals surface area contributed by atoms with E-state index in [1.165, 1.54) is 5.56 Å². The van der Waals surface area contributed by atoms with E-state index in [0.717, 1.165) is 44.9 Å². The van der Waals surface area contributed by atoms with Crippen LogP contribution in [0.5, 0.6) is 0 Å². The maximum atomic E-state index is 13.3. The highest BCUT2D eigenvalue weighted by atomic mass is 16.2. The standard InChI is InChI=1S/C24H33N5O2/c1-27(2)24(19-7-4-3-5-8-19)13-11-23(12-14-24)18-28(15-20(26)30)21(31)29(23)17-22(16-25)9-6-10-22/h3-5,7-8H,6,9-15,17-18H2,1-2H3,(H2,26,30)/t23-,24-. The number of amides is 3. The molecular formula is C24H33N5O2. The second-order valence-corrected chi connectivity index (χ2v) is 9.95. The van der Waals surface area contributed by atoms with Gasteiger partial charge in [-0.25, -0.2) is 4.79 Å². The summed E-state index contributed by atoms with van der Waals surface area (Å²) in [5.74, 6) is -0.494. The van der Waals surface area contributed by atoms with E-state index in [-0.39, 0.29) is 23.7 Å². The molecule has 166 valence electrons. The molecule has 1 aliphatic heterocycles. The number of primary amides is 1. The molecule has 0 atom stereocenters. The van der Waals surface area contributed by atoms with Gasteiger partial charge in [0.1, 0.15) is 6.54 Å². The van der Waals surface area contributed by atoms with Crippen molar-refractivity contribution in [2.75, 3.05) is 33.7 Å². The lowest BCUT2D eigenvalue weighted by Gasteiger charge is -2.52. The summed E-state index contributed by atoms with van der Waals surface area (Å²) in [4.78, 5) is 30.8. The number of hydrogen-bond donors (Lipinski definition) is 1. The van der Waals surface area contributed by atoms with Gasteiger partial charge in [-0.3, -0.25) is 9.69 Å². The van der Waals surface area contributed by atoms with Crippen LogP contribution in [0.25, 0.3) is 0 Å². The van der Waals surface area contributed by atoms with E-state index < -0.39 is 11.3 Å². The quantitative estimate of drug-likeness (QED) is 0.761. The molecule has 7 heteroatoms. The van der Waals surface area contributed by atoms with Crippen molar-refractivity contribution in [3.8, 4) is 6.07 Å². The summed E-state index contributed by atoms with van der Waals surface area (Å²) in [5.41, 5.74) is 5.86. The molecule has 1 spiro atoms. The van der Waals surface area contributed by atoms with Gasteiger partial charge in [0.25, 0.3) is 0 Å². The average Bonchev–Trinajstić information content (AvgIpc) is 2.96. The molecule has 1 heterocycles. The van der Waals surface area contributed by atoms with Crippen LogP contribution < -0.4 is 5.73 Å². The summed E-state index contributed by atoms with van der Waals surface area (Å²) in [6.45, 7) is 0.903. The fraction of sp³-hybridized carbons (Fsp3) is 0.625. The van der Waals surface area contributed by atoms with Crippen LogP contribution in [0.1, 0.15) is 50.5 Å². The third-order valence-electron chi connectivity index (χ3n) is 8.09. The zero-order valence-corrected chi connectivity index (χ0v) is 18.6. The van der Waals surface area contributed by atoms with Crippen LogP contribution in [0.15, 0.2) is 30.3 Å². The van der Waals surface area contributed by atoms with Gasteiger partial charge in [-0.05, 0) is 58.2 Å². The molecule has 1 aromatic carbocycles. The third kappa shape index (κ3) is 3.57. The molecule has 1 aromatic rings. The number of rotatable bonds is 6. The molecule has 1 saturated heterocycles. The fourth-order valence-corrected chi connectivity index (χ4v) is 5.94. The van der Waals surface area contributed by atoms with Gasteiger partial charge in [0, 0.05) is 18.6 Å². The van der Waals surface area contributed by atoms with Gasteiger partial charge in [0.05, 0.1) is 17.0 Å². The van der Waals surface area contributed by atoms with Crippen molar-refractivity contribution < 1.29 is 9.59 Å². The molecule has 0 aromatic heterocycles. The predicted octanol–water partition coefficient (Wildman–Crippen LogP) is 2.67. The smallest absolute Gasteiger partial charge is 0.321 e. The number of nitrogens with two attached hydrogens (primary N) is 1. The van der Waals surface area contributed by atoms with E-state index in [9.17, 15) is 14.9 Å². The van der Waals surface area contributed by atoms with Gasteiger partial charge in [-0.15, -0.1) is 0 Å². The maximum absolute atomic E-state index is 13.3. The SMILES string of the molecule is CN(C)[C@]1(c2ccccc2)CC[C@@]2(CC1)CN(CC(N)=O)C(=O)N2CC1(C#N)CCC1. The molecule has 0 bridgehead atoms. The molecule has 2 aliphatic carbocycles. The number of nitrogens with zero attached hydrogens (tertiary/aromatic N) is 4. The lowest BCUT2D eigenvalue weighted by Crippen LogP contribution is -2.57. The summed E-state index contributed by atoms with van der Waals surface area (Å²) in [6, 6.07) is 12.9. The van der Waals surface area contributed by atoms with Crippen molar-refractivity contribution in [1.82, 2.24) is 14.7 Å². The molecular weight excluding hydrogens is 390 g/mol.